The molecular weight excluding hydrogens is 288 g/mol. The summed E-state index contributed by atoms with van der Waals surface area (Å²) in [6.45, 7) is 2.94. The minimum atomic E-state index is -0.367. The summed E-state index contributed by atoms with van der Waals surface area (Å²) < 4.78 is 5.19. The highest BCUT2D eigenvalue weighted by atomic mass is 16.5. The molecular formula is C19H24N2O2. The maximum Gasteiger partial charge on any atom is 0.246 e. The van der Waals surface area contributed by atoms with Gasteiger partial charge < -0.3 is 15.4 Å². The van der Waals surface area contributed by atoms with E-state index in [1.165, 1.54) is 0 Å². The average Bonchev–Trinajstić information content (AvgIpc) is 2.59. The van der Waals surface area contributed by atoms with E-state index in [1.54, 1.807) is 7.11 Å². The molecule has 0 heterocycles. The van der Waals surface area contributed by atoms with Crippen LogP contribution in [0.25, 0.3) is 0 Å². The molecule has 0 fully saturated rings. The lowest BCUT2D eigenvalue weighted by atomic mass is 10.1. The first-order chi connectivity index (χ1) is 11.2. The van der Waals surface area contributed by atoms with Crippen molar-refractivity contribution in [3.05, 3.63) is 60.2 Å². The van der Waals surface area contributed by atoms with Gasteiger partial charge in [0.05, 0.1) is 7.11 Å². The third-order valence-corrected chi connectivity index (χ3v) is 3.61. The van der Waals surface area contributed by atoms with Crippen LogP contribution in [-0.4, -0.2) is 19.6 Å². The Kier molecular flexibility index (Phi) is 6.63. The Balaban J connectivity index is 2.12. The van der Waals surface area contributed by atoms with Gasteiger partial charge in [0.15, 0.2) is 0 Å². The van der Waals surface area contributed by atoms with Crippen molar-refractivity contribution in [2.75, 3.05) is 19.0 Å². The Morgan fingerprint density at radius 2 is 1.91 bits per heavy atom. The molecule has 0 saturated heterocycles. The minimum Gasteiger partial charge on any atom is -0.497 e. The zero-order valence-corrected chi connectivity index (χ0v) is 13.7. The Morgan fingerprint density at radius 1 is 1.13 bits per heavy atom. The number of carbonyl (C=O) groups excluding carboxylic acids is 1. The number of amides is 1. The van der Waals surface area contributed by atoms with Crippen molar-refractivity contribution < 1.29 is 9.53 Å². The largest absolute Gasteiger partial charge is 0.497 e. The molecule has 0 saturated carbocycles. The maximum atomic E-state index is 12.7. The average molecular weight is 312 g/mol. The Bertz CT molecular complexity index is 614. The van der Waals surface area contributed by atoms with E-state index in [4.69, 9.17) is 4.74 Å². The fourth-order valence-electron chi connectivity index (χ4n) is 2.35. The molecule has 2 rings (SSSR count). The van der Waals surface area contributed by atoms with Gasteiger partial charge in [-0.15, -0.1) is 0 Å². The molecule has 2 aromatic carbocycles. The van der Waals surface area contributed by atoms with Gasteiger partial charge >= 0.3 is 0 Å². The first kappa shape index (κ1) is 17.0. The number of anilines is 1. The summed E-state index contributed by atoms with van der Waals surface area (Å²) in [6, 6.07) is 16.8. The molecule has 4 heteroatoms. The van der Waals surface area contributed by atoms with Gasteiger partial charge in [-0.05, 0) is 30.7 Å². The molecule has 4 nitrogen and oxygen atoms in total. The van der Waals surface area contributed by atoms with Crippen LogP contribution in [0.1, 0.15) is 31.4 Å². The van der Waals surface area contributed by atoms with Crippen molar-refractivity contribution in [3.8, 4) is 5.75 Å². The standard InChI is InChI=1S/C19H24N2O2/c1-3-4-13-20-18(15-9-6-5-7-10-15)19(22)21-16-11-8-12-17(14-16)23-2/h5-12,14,18,20H,3-4,13H2,1-2H3,(H,21,22)/t18-/m0/s1. The first-order valence-corrected chi connectivity index (χ1v) is 7.98. The van der Waals surface area contributed by atoms with Gasteiger partial charge in [0.1, 0.15) is 11.8 Å². The molecule has 2 aromatic rings. The maximum absolute atomic E-state index is 12.7. The van der Waals surface area contributed by atoms with Gasteiger partial charge in [0.25, 0.3) is 0 Å². The van der Waals surface area contributed by atoms with E-state index in [0.29, 0.717) is 0 Å². The number of carbonyl (C=O) groups is 1. The summed E-state index contributed by atoms with van der Waals surface area (Å²) in [6.07, 6.45) is 2.13. The summed E-state index contributed by atoms with van der Waals surface area (Å²) in [5.41, 5.74) is 1.69. The lowest BCUT2D eigenvalue weighted by Crippen LogP contribution is -2.33. The lowest BCUT2D eigenvalue weighted by Gasteiger charge is -2.19. The fraction of sp³-hybridized carbons (Fsp3) is 0.316. The number of rotatable bonds is 8. The van der Waals surface area contributed by atoms with Gasteiger partial charge in [0, 0.05) is 11.8 Å². The smallest absolute Gasteiger partial charge is 0.246 e. The second kappa shape index (κ2) is 8.96. The Labute approximate surface area is 137 Å². The molecule has 0 aromatic heterocycles. The highest BCUT2D eigenvalue weighted by molar-refractivity contribution is 5.95. The van der Waals surface area contributed by atoms with Gasteiger partial charge in [-0.1, -0.05) is 49.7 Å². The van der Waals surface area contributed by atoms with E-state index in [9.17, 15) is 4.79 Å². The van der Waals surface area contributed by atoms with Crippen molar-refractivity contribution in [2.45, 2.75) is 25.8 Å². The number of benzene rings is 2. The van der Waals surface area contributed by atoms with E-state index in [1.807, 2.05) is 54.6 Å². The number of unbranched alkanes of at least 4 members (excludes halogenated alkanes) is 1. The van der Waals surface area contributed by atoms with Crippen LogP contribution in [-0.2, 0) is 4.79 Å². The zero-order chi connectivity index (χ0) is 16.5. The third-order valence-electron chi connectivity index (χ3n) is 3.61. The second-order valence-electron chi connectivity index (χ2n) is 5.37. The summed E-state index contributed by atoms with van der Waals surface area (Å²) in [5, 5.41) is 6.30. The van der Waals surface area contributed by atoms with Crippen molar-refractivity contribution in [3.63, 3.8) is 0 Å². The summed E-state index contributed by atoms with van der Waals surface area (Å²) in [4.78, 5) is 12.7. The van der Waals surface area contributed by atoms with E-state index in [0.717, 1.165) is 36.4 Å². The van der Waals surface area contributed by atoms with E-state index in [-0.39, 0.29) is 11.9 Å². The third kappa shape index (κ3) is 5.11. The van der Waals surface area contributed by atoms with Crippen LogP contribution < -0.4 is 15.4 Å². The van der Waals surface area contributed by atoms with Crippen LogP contribution in [0.3, 0.4) is 0 Å². The summed E-state index contributed by atoms with van der Waals surface area (Å²) >= 11 is 0. The van der Waals surface area contributed by atoms with Crippen molar-refractivity contribution in [1.82, 2.24) is 5.32 Å². The fourth-order valence-corrected chi connectivity index (χ4v) is 2.35. The molecule has 23 heavy (non-hydrogen) atoms. The molecule has 0 unspecified atom stereocenters. The van der Waals surface area contributed by atoms with Crippen molar-refractivity contribution in [1.29, 1.82) is 0 Å². The molecule has 0 aliphatic carbocycles. The second-order valence-corrected chi connectivity index (χ2v) is 5.37. The first-order valence-electron chi connectivity index (χ1n) is 7.98. The van der Waals surface area contributed by atoms with Crippen LogP contribution in [0, 0.1) is 0 Å². The van der Waals surface area contributed by atoms with Crippen molar-refractivity contribution >= 4 is 11.6 Å². The number of ether oxygens (including phenoxy) is 1. The zero-order valence-electron chi connectivity index (χ0n) is 13.7. The molecule has 1 atom stereocenters. The van der Waals surface area contributed by atoms with Crippen LogP contribution >= 0.6 is 0 Å². The molecule has 2 N–H and O–H groups in total. The highest BCUT2D eigenvalue weighted by Crippen LogP contribution is 2.20. The summed E-state index contributed by atoms with van der Waals surface area (Å²) in [7, 11) is 1.61. The number of nitrogens with one attached hydrogen (secondary N) is 2. The monoisotopic (exact) mass is 312 g/mol. The van der Waals surface area contributed by atoms with Gasteiger partial charge in [-0.2, -0.15) is 0 Å². The molecule has 0 radical (unpaired) electrons. The molecule has 0 spiro atoms. The summed E-state index contributed by atoms with van der Waals surface area (Å²) in [5.74, 6) is 0.651. The molecule has 0 aliphatic rings. The van der Waals surface area contributed by atoms with Crippen LogP contribution in [0.4, 0.5) is 5.69 Å². The molecule has 122 valence electrons. The molecule has 1 amide bonds. The van der Waals surface area contributed by atoms with Crippen molar-refractivity contribution in [2.24, 2.45) is 0 Å². The lowest BCUT2D eigenvalue weighted by molar-refractivity contribution is -0.118. The minimum absolute atomic E-state index is 0.0689. The topological polar surface area (TPSA) is 50.4 Å². The molecule has 0 bridgehead atoms. The van der Waals surface area contributed by atoms with E-state index in [2.05, 4.69) is 17.6 Å². The van der Waals surface area contributed by atoms with Gasteiger partial charge in [0.2, 0.25) is 5.91 Å². The number of hydrogen-bond acceptors (Lipinski definition) is 3. The van der Waals surface area contributed by atoms with Gasteiger partial charge in [-0.3, -0.25) is 4.79 Å². The quantitative estimate of drug-likeness (QED) is 0.730. The number of methoxy groups -OCH3 is 1. The predicted octanol–water partition coefficient (Wildman–Crippen LogP) is 3.76. The van der Waals surface area contributed by atoms with Crippen LogP contribution in [0.2, 0.25) is 0 Å². The predicted molar refractivity (Wildman–Crippen MR) is 93.7 cm³/mol. The number of hydrogen-bond donors (Lipinski definition) is 2. The molecule has 0 aliphatic heterocycles. The normalized spacial score (nSPS) is 11.7. The van der Waals surface area contributed by atoms with Gasteiger partial charge in [-0.25, -0.2) is 0 Å². The Morgan fingerprint density at radius 3 is 2.61 bits per heavy atom. The Hall–Kier alpha value is -2.33. The highest BCUT2D eigenvalue weighted by Gasteiger charge is 2.19. The van der Waals surface area contributed by atoms with Crippen LogP contribution in [0.15, 0.2) is 54.6 Å². The SMILES string of the molecule is CCCCN[C@H](C(=O)Nc1cccc(OC)c1)c1ccccc1. The van der Waals surface area contributed by atoms with E-state index < -0.39 is 0 Å². The van der Waals surface area contributed by atoms with Crippen LogP contribution in [0.5, 0.6) is 5.75 Å². The van der Waals surface area contributed by atoms with E-state index >= 15 is 0 Å².